The molecule has 206 valence electrons. The Morgan fingerprint density at radius 2 is 1.95 bits per heavy atom. The van der Waals surface area contributed by atoms with Crippen LogP contribution in [0.1, 0.15) is 69.8 Å². The fraction of sp³-hybridized carbons (Fsp3) is 0.276. The first-order chi connectivity index (χ1) is 19.0. The van der Waals surface area contributed by atoms with Crippen molar-refractivity contribution in [1.29, 1.82) is 5.26 Å². The van der Waals surface area contributed by atoms with Crippen molar-refractivity contribution < 1.29 is 14.6 Å². The maximum Gasteiger partial charge on any atom is 0.356 e. The van der Waals surface area contributed by atoms with E-state index in [1.54, 1.807) is 25.4 Å². The van der Waals surface area contributed by atoms with Crippen molar-refractivity contribution in [1.82, 2.24) is 19.3 Å². The molecule has 0 aliphatic heterocycles. The fourth-order valence-electron chi connectivity index (χ4n) is 4.98. The average Bonchev–Trinajstić information content (AvgIpc) is 3.31. The van der Waals surface area contributed by atoms with Gasteiger partial charge in [-0.05, 0) is 54.2 Å². The van der Waals surface area contributed by atoms with Gasteiger partial charge >= 0.3 is 5.97 Å². The topological polar surface area (TPSA) is 123 Å². The molecule has 1 N–H and O–H groups in total. The number of methoxy groups -OCH3 is 1. The highest BCUT2D eigenvalue weighted by atomic mass is 35.5. The van der Waals surface area contributed by atoms with E-state index < -0.39 is 11.9 Å². The minimum absolute atomic E-state index is 0.0652. The second kappa shape index (κ2) is 11.5. The summed E-state index contributed by atoms with van der Waals surface area (Å²) in [7, 11) is 3.08. The first-order valence-corrected chi connectivity index (χ1v) is 13.1. The zero-order valence-electron chi connectivity index (χ0n) is 22.6. The molecule has 0 amide bonds. The Morgan fingerprint density at radius 1 is 1.23 bits per heavy atom. The zero-order chi connectivity index (χ0) is 29.3. The van der Waals surface area contributed by atoms with Gasteiger partial charge in [0.1, 0.15) is 22.5 Å². The van der Waals surface area contributed by atoms with Crippen LogP contribution in [-0.2, 0) is 13.5 Å². The number of hydrogen-bond acceptors (Lipinski definition) is 6. The lowest BCUT2D eigenvalue weighted by Gasteiger charge is -2.24. The molecule has 4 aromatic rings. The summed E-state index contributed by atoms with van der Waals surface area (Å²) in [5, 5.41) is 25.1. The van der Waals surface area contributed by atoms with Crippen molar-refractivity contribution in [3.05, 3.63) is 102 Å². The number of carboxylic acids is 1. The number of pyridine rings is 2. The number of ether oxygens (including phenoxy) is 1. The van der Waals surface area contributed by atoms with Crippen LogP contribution in [0.25, 0.3) is 5.69 Å². The van der Waals surface area contributed by atoms with Gasteiger partial charge in [-0.1, -0.05) is 43.1 Å². The van der Waals surface area contributed by atoms with Crippen LogP contribution >= 0.6 is 23.2 Å². The van der Waals surface area contributed by atoms with Crippen LogP contribution in [0.5, 0.6) is 5.75 Å². The lowest BCUT2D eigenvalue weighted by Crippen LogP contribution is -2.19. The molecule has 4 rings (SSSR count). The van der Waals surface area contributed by atoms with Crippen LogP contribution in [-0.4, -0.2) is 37.5 Å². The smallest absolute Gasteiger partial charge is 0.356 e. The Hall–Kier alpha value is -4.13. The molecular formula is C29H27Cl2N5O4. The average molecular weight is 580 g/mol. The first-order valence-electron chi connectivity index (χ1n) is 12.4. The minimum atomic E-state index is -1.21. The SMILES string of the molecule is COc1cnc(C#N)cc1-n1nc(C(=O)O)c(C(Cc2cc(Cl)c(=O)n(C)c2)c2ccc(Cl)cc2C)c1C(C)C. The van der Waals surface area contributed by atoms with Gasteiger partial charge in [0, 0.05) is 35.8 Å². The van der Waals surface area contributed by atoms with Gasteiger partial charge < -0.3 is 14.4 Å². The number of carboxylic acid groups (broad SMARTS) is 1. The van der Waals surface area contributed by atoms with Crippen molar-refractivity contribution in [2.24, 2.45) is 7.05 Å². The quantitative estimate of drug-likeness (QED) is 0.285. The maximum absolute atomic E-state index is 12.7. The molecule has 0 aliphatic carbocycles. The molecule has 1 aromatic carbocycles. The molecule has 0 spiro atoms. The molecule has 1 unspecified atom stereocenters. The molecule has 0 saturated heterocycles. The largest absolute Gasteiger partial charge is 0.493 e. The molecule has 0 fully saturated rings. The van der Waals surface area contributed by atoms with Gasteiger partial charge in [0.05, 0.1) is 19.0 Å². The summed E-state index contributed by atoms with van der Waals surface area (Å²) >= 11 is 12.5. The summed E-state index contributed by atoms with van der Waals surface area (Å²) < 4.78 is 8.44. The van der Waals surface area contributed by atoms with Gasteiger partial charge in [-0.15, -0.1) is 0 Å². The number of benzene rings is 1. The van der Waals surface area contributed by atoms with Crippen LogP contribution in [0.2, 0.25) is 10.0 Å². The zero-order valence-corrected chi connectivity index (χ0v) is 24.1. The molecule has 3 aromatic heterocycles. The third-order valence-electron chi connectivity index (χ3n) is 6.71. The van der Waals surface area contributed by atoms with Crippen LogP contribution in [0.4, 0.5) is 0 Å². The van der Waals surface area contributed by atoms with E-state index in [1.165, 1.54) is 28.6 Å². The number of carbonyl (C=O) groups is 1. The maximum atomic E-state index is 12.7. The van der Waals surface area contributed by atoms with Crippen LogP contribution < -0.4 is 10.3 Å². The van der Waals surface area contributed by atoms with E-state index in [-0.39, 0.29) is 27.9 Å². The van der Waals surface area contributed by atoms with Gasteiger partial charge in [0.15, 0.2) is 11.4 Å². The molecule has 0 radical (unpaired) electrons. The number of halogens is 2. The highest BCUT2D eigenvalue weighted by Crippen LogP contribution is 2.40. The minimum Gasteiger partial charge on any atom is -0.493 e. The third-order valence-corrected chi connectivity index (χ3v) is 7.22. The number of hydrogen-bond donors (Lipinski definition) is 1. The molecule has 0 saturated carbocycles. The molecule has 40 heavy (non-hydrogen) atoms. The van der Waals surface area contributed by atoms with E-state index in [2.05, 4.69) is 10.1 Å². The number of aromatic carboxylic acids is 1. The number of aromatic nitrogens is 4. The predicted molar refractivity (Wildman–Crippen MR) is 152 cm³/mol. The van der Waals surface area contributed by atoms with E-state index >= 15 is 0 Å². The summed E-state index contributed by atoms with van der Waals surface area (Å²) in [6.07, 6.45) is 3.42. The lowest BCUT2D eigenvalue weighted by molar-refractivity contribution is 0.0688. The van der Waals surface area contributed by atoms with Gasteiger partial charge in [-0.2, -0.15) is 10.4 Å². The molecule has 0 bridgehead atoms. The number of aryl methyl sites for hydroxylation is 2. The summed E-state index contributed by atoms with van der Waals surface area (Å²) in [6, 6.07) is 10.6. The van der Waals surface area contributed by atoms with E-state index in [0.717, 1.165) is 16.7 Å². The van der Waals surface area contributed by atoms with Gasteiger partial charge in [0.2, 0.25) is 0 Å². The molecule has 9 nitrogen and oxygen atoms in total. The molecule has 1 atom stereocenters. The Labute approximate surface area is 241 Å². The number of rotatable bonds is 8. The highest BCUT2D eigenvalue weighted by Gasteiger charge is 2.33. The van der Waals surface area contributed by atoms with Crippen molar-refractivity contribution in [3.63, 3.8) is 0 Å². The van der Waals surface area contributed by atoms with Crippen molar-refractivity contribution in [3.8, 4) is 17.5 Å². The van der Waals surface area contributed by atoms with Crippen molar-refractivity contribution in [2.45, 2.75) is 39.0 Å². The summed E-state index contributed by atoms with van der Waals surface area (Å²) in [5.41, 5.74) is 3.61. The fourth-order valence-corrected chi connectivity index (χ4v) is 5.48. The Kier molecular flexibility index (Phi) is 8.33. The highest BCUT2D eigenvalue weighted by molar-refractivity contribution is 6.30. The van der Waals surface area contributed by atoms with Crippen LogP contribution in [0.15, 0.2) is 47.5 Å². The third kappa shape index (κ3) is 5.46. The molecule has 3 heterocycles. The molecular weight excluding hydrogens is 553 g/mol. The summed E-state index contributed by atoms with van der Waals surface area (Å²) in [6.45, 7) is 5.79. The molecule has 11 heteroatoms. The Bertz CT molecular complexity index is 1690. The Morgan fingerprint density at radius 3 is 2.52 bits per heavy atom. The second-order valence-corrected chi connectivity index (χ2v) is 10.6. The van der Waals surface area contributed by atoms with Crippen LogP contribution in [0, 0.1) is 18.3 Å². The Balaban J connectivity index is 2.09. The van der Waals surface area contributed by atoms with Gasteiger partial charge in [0.25, 0.3) is 5.56 Å². The van der Waals surface area contributed by atoms with Crippen molar-refractivity contribution >= 4 is 29.2 Å². The van der Waals surface area contributed by atoms with Crippen molar-refractivity contribution in [2.75, 3.05) is 7.11 Å². The van der Waals surface area contributed by atoms with E-state index in [4.69, 9.17) is 27.9 Å². The lowest BCUT2D eigenvalue weighted by atomic mass is 9.81. The normalized spacial score (nSPS) is 11.9. The molecule has 0 aliphatic rings. The van der Waals surface area contributed by atoms with E-state index in [0.29, 0.717) is 34.1 Å². The van der Waals surface area contributed by atoms with E-state index in [1.807, 2.05) is 39.0 Å². The summed E-state index contributed by atoms with van der Waals surface area (Å²) in [4.78, 5) is 29.1. The van der Waals surface area contributed by atoms with Crippen LogP contribution in [0.3, 0.4) is 0 Å². The monoisotopic (exact) mass is 579 g/mol. The summed E-state index contributed by atoms with van der Waals surface area (Å²) in [5.74, 6) is -1.58. The predicted octanol–water partition coefficient (Wildman–Crippen LogP) is 5.66. The first kappa shape index (κ1) is 28.9. The van der Waals surface area contributed by atoms with Gasteiger partial charge in [-0.3, -0.25) is 4.79 Å². The number of nitriles is 1. The second-order valence-electron chi connectivity index (χ2n) is 9.74. The standard InChI is InChI=1S/C29H27Cl2N5O4/c1-15(2)27-25(26(29(38)39)34-36(27)23-11-19(12-32)33-13-24(23)40-5)21(20-7-6-18(30)8-16(20)3)9-17-10-22(31)28(37)35(4)14-17/h6-8,10-11,13-15,21H,9H2,1-5H3,(H,38,39). The number of nitrogens with zero attached hydrogens (tertiary/aromatic N) is 5. The van der Waals surface area contributed by atoms with Gasteiger partial charge in [-0.25, -0.2) is 14.5 Å². The van der Waals surface area contributed by atoms with E-state index in [9.17, 15) is 20.0 Å².